The zero-order valence-corrected chi connectivity index (χ0v) is 11.8. The van der Waals surface area contributed by atoms with Crippen LogP contribution in [0.3, 0.4) is 0 Å². The molecule has 0 heterocycles. The number of nitrogens with one attached hydrogen (secondary N) is 1. The number of carboxylic acid groups (broad SMARTS) is 1. The summed E-state index contributed by atoms with van der Waals surface area (Å²) in [5.41, 5.74) is 1.01. The van der Waals surface area contributed by atoms with Gasteiger partial charge in [-0.3, -0.25) is 4.79 Å². The molecule has 1 rings (SSSR count). The minimum atomic E-state index is -0.734. The fourth-order valence-electron chi connectivity index (χ4n) is 1.28. The van der Waals surface area contributed by atoms with Gasteiger partial charge >= 0.3 is 5.97 Å². The van der Waals surface area contributed by atoms with E-state index in [-0.39, 0.29) is 6.42 Å². The van der Waals surface area contributed by atoms with Crippen LogP contribution in [0.5, 0.6) is 0 Å². The van der Waals surface area contributed by atoms with Gasteiger partial charge in [0.15, 0.2) is 0 Å². The molecule has 0 aromatic heterocycles. The number of benzene rings is 1. The van der Waals surface area contributed by atoms with E-state index >= 15 is 0 Å². The number of halogens is 2. The maximum absolute atomic E-state index is 10.3. The second-order valence-electron chi connectivity index (χ2n) is 3.37. The lowest BCUT2D eigenvalue weighted by Crippen LogP contribution is -2.04. The summed E-state index contributed by atoms with van der Waals surface area (Å²) in [6.07, 6.45) is 1.78. The van der Waals surface area contributed by atoms with Gasteiger partial charge < -0.3 is 10.4 Å². The van der Waals surface area contributed by atoms with Crippen LogP contribution in [-0.4, -0.2) is 17.6 Å². The molecular formula is C11H13Br2NO2. The molecule has 0 radical (unpaired) electrons. The Balaban J connectivity index is 2.34. The zero-order chi connectivity index (χ0) is 12.0. The first-order chi connectivity index (χ1) is 7.61. The van der Waals surface area contributed by atoms with Gasteiger partial charge in [-0.15, -0.1) is 0 Å². The van der Waals surface area contributed by atoms with Crippen molar-refractivity contribution in [3.05, 3.63) is 27.1 Å². The molecule has 1 aromatic rings. The smallest absolute Gasteiger partial charge is 0.303 e. The van der Waals surface area contributed by atoms with Crippen LogP contribution in [0, 0.1) is 0 Å². The number of anilines is 1. The number of hydrogen-bond acceptors (Lipinski definition) is 2. The summed E-state index contributed by atoms with van der Waals surface area (Å²) in [6.45, 7) is 0.772. The number of rotatable bonds is 6. The third-order valence-corrected chi connectivity index (χ3v) is 3.40. The first-order valence-electron chi connectivity index (χ1n) is 5.01. The predicted molar refractivity (Wildman–Crippen MR) is 71.8 cm³/mol. The van der Waals surface area contributed by atoms with Crippen molar-refractivity contribution in [2.45, 2.75) is 19.3 Å². The van der Waals surface area contributed by atoms with Crippen LogP contribution in [-0.2, 0) is 4.79 Å². The molecule has 16 heavy (non-hydrogen) atoms. The molecule has 0 saturated heterocycles. The van der Waals surface area contributed by atoms with Crippen LogP contribution in [0.4, 0.5) is 5.69 Å². The van der Waals surface area contributed by atoms with Crippen molar-refractivity contribution in [3.63, 3.8) is 0 Å². The third-order valence-electron chi connectivity index (χ3n) is 2.08. The number of unbranched alkanes of at least 4 members (excludes halogenated alkanes) is 1. The average molecular weight is 351 g/mol. The Morgan fingerprint density at radius 1 is 1.25 bits per heavy atom. The molecule has 0 amide bonds. The van der Waals surface area contributed by atoms with E-state index in [1.807, 2.05) is 18.2 Å². The van der Waals surface area contributed by atoms with E-state index in [1.54, 1.807) is 0 Å². The van der Waals surface area contributed by atoms with Gasteiger partial charge in [0.05, 0.1) is 5.69 Å². The lowest BCUT2D eigenvalue weighted by molar-refractivity contribution is -0.137. The number of carbonyl (C=O) groups is 1. The molecule has 0 saturated carbocycles. The van der Waals surface area contributed by atoms with E-state index in [1.165, 1.54) is 0 Å². The number of hydrogen-bond donors (Lipinski definition) is 2. The zero-order valence-electron chi connectivity index (χ0n) is 8.67. The van der Waals surface area contributed by atoms with Gasteiger partial charge in [0.2, 0.25) is 0 Å². The Morgan fingerprint density at radius 3 is 2.44 bits per heavy atom. The molecule has 0 unspecified atom stereocenters. The van der Waals surface area contributed by atoms with Gasteiger partial charge in [-0.2, -0.15) is 0 Å². The quantitative estimate of drug-likeness (QED) is 0.765. The van der Waals surface area contributed by atoms with Crippen LogP contribution >= 0.6 is 31.9 Å². The van der Waals surface area contributed by atoms with Crippen molar-refractivity contribution in [1.82, 2.24) is 0 Å². The third kappa shape index (κ3) is 4.53. The Labute approximate surface area is 111 Å². The topological polar surface area (TPSA) is 49.3 Å². The highest BCUT2D eigenvalue weighted by Gasteiger charge is 2.03. The molecular weight excluding hydrogens is 338 g/mol. The van der Waals surface area contributed by atoms with Gasteiger partial charge in [-0.1, -0.05) is 6.07 Å². The first kappa shape index (κ1) is 13.5. The molecule has 0 aliphatic heterocycles. The minimum Gasteiger partial charge on any atom is -0.481 e. The van der Waals surface area contributed by atoms with Crippen molar-refractivity contribution in [2.24, 2.45) is 0 Å². The van der Waals surface area contributed by atoms with Gasteiger partial charge in [0.1, 0.15) is 0 Å². The summed E-state index contributed by atoms with van der Waals surface area (Å²) in [5.74, 6) is -0.734. The molecule has 5 heteroatoms. The van der Waals surface area contributed by atoms with Crippen molar-refractivity contribution < 1.29 is 9.90 Å². The summed E-state index contributed by atoms with van der Waals surface area (Å²) in [5, 5.41) is 11.8. The van der Waals surface area contributed by atoms with E-state index in [0.717, 1.165) is 27.6 Å². The normalized spacial score (nSPS) is 10.1. The predicted octanol–water partition coefficient (Wildman–Crippen LogP) is 3.88. The molecule has 0 spiro atoms. The van der Waals surface area contributed by atoms with Crippen LogP contribution in [0.25, 0.3) is 0 Å². The highest BCUT2D eigenvalue weighted by molar-refractivity contribution is 9.11. The summed E-state index contributed by atoms with van der Waals surface area (Å²) >= 11 is 6.91. The van der Waals surface area contributed by atoms with Gasteiger partial charge in [-0.25, -0.2) is 0 Å². The van der Waals surface area contributed by atoms with Crippen LogP contribution < -0.4 is 5.32 Å². The van der Waals surface area contributed by atoms with Crippen molar-refractivity contribution in [2.75, 3.05) is 11.9 Å². The molecule has 88 valence electrons. The molecule has 0 fully saturated rings. The summed E-state index contributed by atoms with van der Waals surface area (Å²) in [6, 6.07) is 5.87. The van der Waals surface area contributed by atoms with E-state index in [9.17, 15) is 4.79 Å². The Morgan fingerprint density at radius 2 is 1.88 bits per heavy atom. The summed E-state index contributed by atoms with van der Waals surface area (Å²) in [7, 11) is 0. The van der Waals surface area contributed by atoms with Crippen molar-refractivity contribution in [1.29, 1.82) is 0 Å². The van der Waals surface area contributed by atoms with Gasteiger partial charge in [-0.05, 0) is 56.8 Å². The largest absolute Gasteiger partial charge is 0.481 e. The number of carboxylic acids is 1. The van der Waals surface area contributed by atoms with Gasteiger partial charge in [0, 0.05) is 21.9 Å². The van der Waals surface area contributed by atoms with E-state index in [4.69, 9.17) is 5.11 Å². The lowest BCUT2D eigenvalue weighted by Gasteiger charge is -2.10. The SMILES string of the molecule is O=C(O)CCCCNc1c(Br)cccc1Br. The Hall–Kier alpha value is -0.550. The Bertz CT molecular complexity index is 349. The monoisotopic (exact) mass is 349 g/mol. The minimum absolute atomic E-state index is 0.235. The highest BCUT2D eigenvalue weighted by Crippen LogP contribution is 2.30. The van der Waals surface area contributed by atoms with E-state index in [0.29, 0.717) is 6.42 Å². The average Bonchev–Trinajstić information content (AvgIpc) is 2.21. The van der Waals surface area contributed by atoms with E-state index in [2.05, 4.69) is 37.2 Å². The fourth-order valence-corrected chi connectivity index (χ4v) is 2.56. The van der Waals surface area contributed by atoms with Crippen molar-refractivity contribution >= 4 is 43.5 Å². The summed E-state index contributed by atoms with van der Waals surface area (Å²) in [4.78, 5) is 10.3. The van der Waals surface area contributed by atoms with E-state index < -0.39 is 5.97 Å². The molecule has 0 bridgehead atoms. The molecule has 0 atom stereocenters. The van der Waals surface area contributed by atoms with Crippen LogP contribution in [0.15, 0.2) is 27.1 Å². The number of para-hydroxylation sites is 1. The molecule has 0 aliphatic carbocycles. The molecule has 3 nitrogen and oxygen atoms in total. The van der Waals surface area contributed by atoms with Crippen LogP contribution in [0.2, 0.25) is 0 Å². The van der Waals surface area contributed by atoms with Crippen molar-refractivity contribution in [3.8, 4) is 0 Å². The number of aliphatic carboxylic acids is 1. The van der Waals surface area contributed by atoms with Crippen LogP contribution in [0.1, 0.15) is 19.3 Å². The Kier molecular flexibility index (Phi) is 5.84. The standard InChI is InChI=1S/C11H13Br2NO2/c12-8-4-3-5-9(13)11(8)14-7-2-1-6-10(15)16/h3-5,14H,1-2,6-7H2,(H,15,16). The highest BCUT2D eigenvalue weighted by atomic mass is 79.9. The fraction of sp³-hybridized carbons (Fsp3) is 0.364. The van der Waals surface area contributed by atoms with Gasteiger partial charge in [0.25, 0.3) is 0 Å². The molecule has 1 aromatic carbocycles. The second kappa shape index (κ2) is 6.91. The maximum atomic E-state index is 10.3. The second-order valence-corrected chi connectivity index (χ2v) is 5.08. The summed E-state index contributed by atoms with van der Waals surface area (Å²) < 4.78 is 2.00. The molecule has 0 aliphatic rings. The first-order valence-corrected chi connectivity index (χ1v) is 6.59. The maximum Gasteiger partial charge on any atom is 0.303 e. The molecule has 2 N–H and O–H groups in total. The lowest BCUT2D eigenvalue weighted by atomic mass is 10.2.